The van der Waals surface area contributed by atoms with Crippen LogP contribution in [0.5, 0.6) is 5.75 Å². The van der Waals surface area contributed by atoms with Gasteiger partial charge < -0.3 is 4.74 Å². The maximum absolute atomic E-state index is 15.3. The van der Waals surface area contributed by atoms with Gasteiger partial charge in [-0.25, -0.2) is 8.78 Å². The molecule has 34 heavy (non-hydrogen) atoms. The molecule has 0 bridgehead atoms. The third-order valence-electron chi connectivity index (χ3n) is 6.84. The smallest absolute Gasteiger partial charge is 0.202 e. The highest BCUT2D eigenvalue weighted by Crippen LogP contribution is 2.42. The van der Waals surface area contributed by atoms with Gasteiger partial charge in [0.25, 0.3) is 0 Å². The van der Waals surface area contributed by atoms with Crippen LogP contribution in [0.25, 0.3) is 11.1 Å². The molecule has 1 heterocycles. The van der Waals surface area contributed by atoms with Gasteiger partial charge >= 0.3 is 0 Å². The Morgan fingerprint density at radius 1 is 1.06 bits per heavy atom. The van der Waals surface area contributed by atoms with Crippen molar-refractivity contribution in [1.29, 1.82) is 0 Å². The maximum Gasteiger partial charge on any atom is 0.202 e. The molecule has 0 spiro atoms. The molecule has 182 valence electrons. The Morgan fingerprint density at radius 3 is 2.35 bits per heavy atom. The van der Waals surface area contributed by atoms with Gasteiger partial charge in [-0.2, -0.15) is 4.39 Å². The van der Waals surface area contributed by atoms with Crippen LogP contribution in [0.1, 0.15) is 64.5 Å². The molecule has 4 heteroatoms. The van der Waals surface area contributed by atoms with Crippen LogP contribution in [0.4, 0.5) is 13.2 Å². The first-order chi connectivity index (χ1) is 16.2. The molecule has 0 N–H and O–H groups in total. The lowest BCUT2D eigenvalue weighted by atomic mass is 9.89. The molecule has 2 unspecified atom stereocenters. The predicted molar refractivity (Wildman–Crippen MR) is 134 cm³/mol. The van der Waals surface area contributed by atoms with Crippen molar-refractivity contribution in [3.63, 3.8) is 0 Å². The monoisotopic (exact) mass is 468 g/mol. The lowest BCUT2D eigenvalue weighted by molar-refractivity contribution is 0.352. The van der Waals surface area contributed by atoms with Gasteiger partial charge in [0.1, 0.15) is 0 Å². The number of hydrogen-bond acceptors (Lipinski definition) is 1. The lowest BCUT2D eigenvalue weighted by Crippen LogP contribution is -2.15. The van der Waals surface area contributed by atoms with Crippen molar-refractivity contribution in [2.45, 2.75) is 66.2 Å². The van der Waals surface area contributed by atoms with Crippen molar-refractivity contribution in [2.24, 2.45) is 11.8 Å². The van der Waals surface area contributed by atoms with Crippen molar-refractivity contribution < 1.29 is 17.9 Å². The Labute approximate surface area is 202 Å². The van der Waals surface area contributed by atoms with E-state index in [0.717, 1.165) is 37.7 Å². The van der Waals surface area contributed by atoms with Gasteiger partial charge in [0.15, 0.2) is 23.2 Å². The Bertz CT molecular complexity index is 1100. The lowest BCUT2D eigenvalue weighted by Gasteiger charge is -2.25. The Balaban J connectivity index is 1.90. The van der Waals surface area contributed by atoms with Crippen LogP contribution in [-0.4, -0.2) is 0 Å². The minimum absolute atomic E-state index is 0.0982. The largest absolute Gasteiger partial charge is 0.450 e. The summed E-state index contributed by atoms with van der Waals surface area (Å²) in [5, 5.41) is 0. The number of rotatable bonds is 9. The van der Waals surface area contributed by atoms with E-state index in [4.69, 9.17) is 4.74 Å². The fraction of sp³-hybridized carbons (Fsp3) is 0.400. The van der Waals surface area contributed by atoms with E-state index < -0.39 is 17.5 Å². The average Bonchev–Trinajstić information content (AvgIpc) is 2.84. The molecule has 3 rings (SSSR count). The SMILES string of the molecule is C=C1Cc2cc(-c3ccc(CCC)cc3)c(F)c(F)c2O/C1=C(\F)C(=C)C(C)CCC(C)CC. The quantitative estimate of drug-likeness (QED) is 0.356. The molecule has 0 aliphatic carbocycles. The van der Waals surface area contributed by atoms with E-state index in [1.54, 1.807) is 18.2 Å². The molecular formula is C30H35F3O. The summed E-state index contributed by atoms with van der Waals surface area (Å²) in [6, 6.07) is 9.02. The first-order valence-electron chi connectivity index (χ1n) is 12.2. The van der Waals surface area contributed by atoms with Crippen LogP contribution in [0.15, 0.2) is 66.2 Å². The van der Waals surface area contributed by atoms with E-state index in [0.29, 0.717) is 28.2 Å². The molecule has 0 amide bonds. The normalized spacial score (nSPS) is 16.5. The Kier molecular flexibility index (Phi) is 8.46. The molecule has 0 radical (unpaired) electrons. The summed E-state index contributed by atoms with van der Waals surface area (Å²) in [5.74, 6) is -2.73. The van der Waals surface area contributed by atoms with Gasteiger partial charge in [-0.1, -0.05) is 84.4 Å². The molecule has 0 saturated carbocycles. The van der Waals surface area contributed by atoms with Crippen molar-refractivity contribution in [3.05, 3.63) is 89.0 Å². The Hall–Kier alpha value is -2.75. The topological polar surface area (TPSA) is 9.23 Å². The van der Waals surface area contributed by atoms with Gasteiger partial charge in [-0.15, -0.1) is 0 Å². The van der Waals surface area contributed by atoms with Crippen LogP contribution >= 0.6 is 0 Å². The van der Waals surface area contributed by atoms with Crippen molar-refractivity contribution in [3.8, 4) is 16.9 Å². The van der Waals surface area contributed by atoms with Crippen LogP contribution in [0.3, 0.4) is 0 Å². The summed E-state index contributed by atoms with van der Waals surface area (Å²) < 4.78 is 51.1. The maximum atomic E-state index is 15.3. The fourth-order valence-corrected chi connectivity index (χ4v) is 4.21. The molecule has 1 aliphatic heterocycles. The number of benzene rings is 2. The number of fused-ring (bicyclic) bond motifs is 1. The average molecular weight is 469 g/mol. The highest BCUT2D eigenvalue weighted by atomic mass is 19.2. The van der Waals surface area contributed by atoms with E-state index in [-0.39, 0.29) is 29.4 Å². The third kappa shape index (κ3) is 5.48. The molecule has 0 aromatic heterocycles. The van der Waals surface area contributed by atoms with Crippen molar-refractivity contribution in [2.75, 3.05) is 0 Å². The van der Waals surface area contributed by atoms with Crippen LogP contribution in [0.2, 0.25) is 0 Å². The second kappa shape index (κ2) is 11.1. The van der Waals surface area contributed by atoms with Crippen LogP contribution < -0.4 is 4.74 Å². The minimum Gasteiger partial charge on any atom is -0.450 e. The van der Waals surface area contributed by atoms with E-state index in [1.165, 1.54) is 0 Å². The number of allylic oxidation sites excluding steroid dienone is 3. The summed E-state index contributed by atoms with van der Waals surface area (Å²) in [4.78, 5) is 0. The third-order valence-corrected chi connectivity index (χ3v) is 6.84. The number of hydrogen-bond donors (Lipinski definition) is 0. The Morgan fingerprint density at radius 2 is 1.74 bits per heavy atom. The van der Waals surface area contributed by atoms with Crippen molar-refractivity contribution in [1.82, 2.24) is 0 Å². The van der Waals surface area contributed by atoms with Gasteiger partial charge in [0.2, 0.25) is 5.82 Å². The van der Waals surface area contributed by atoms with Crippen LogP contribution in [0, 0.1) is 23.5 Å². The van der Waals surface area contributed by atoms with E-state index in [1.807, 2.05) is 19.1 Å². The summed E-state index contributed by atoms with van der Waals surface area (Å²) in [6.07, 6.45) is 4.93. The van der Waals surface area contributed by atoms with E-state index >= 15 is 13.2 Å². The minimum atomic E-state index is -1.11. The van der Waals surface area contributed by atoms with Crippen LogP contribution in [-0.2, 0) is 12.8 Å². The van der Waals surface area contributed by atoms with Gasteiger partial charge in [0, 0.05) is 17.5 Å². The van der Waals surface area contributed by atoms with Gasteiger partial charge in [-0.3, -0.25) is 0 Å². The highest BCUT2D eigenvalue weighted by Gasteiger charge is 2.30. The molecule has 0 fully saturated rings. The molecule has 1 aliphatic rings. The van der Waals surface area contributed by atoms with Gasteiger partial charge in [0.05, 0.1) is 0 Å². The number of aryl methyl sites for hydroxylation is 1. The second-order valence-electron chi connectivity index (χ2n) is 9.53. The summed E-state index contributed by atoms with van der Waals surface area (Å²) in [7, 11) is 0. The molecular weight excluding hydrogens is 433 g/mol. The first-order valence-corrected chi connectivity index (χ1v) is 12.2. The standard InChI is InChI=1S/C30H35F3O/c1-7-9-22-12-14-23(15-13-22)25-17-24-16-20(5)29(34-30(24)28(33)27(25)32)26(31)21(6)19(4)11-10-18(3)8-2/h12-15,17-19H,5-11,16H2,1-4H3/b29-26-. The fourth-order valence-electron chi connectivity index (χ4n) is 4.21. The van der Waals surface area contributed by atoms with E-state index in [9.17, 15) is 0 Å². The summed E-state index contributed by atoms with van der Waals surface area (Å²) >= 11 is 0. The zero-order valence-electron chi connectivity index (χ0n) is 20.7. The summed E-state index contributed by atoms with van der Waals surface area (Å²) in [5.41, 5.74) is 3.02. The molecule has 0 saturated heterocycles. The predicted octanol–water partition coefficient (Wildman–Crippen LogP) is 9.28. The summed E-state index contributed by atoms with van der Waals surface area (Å²) in [6.45, 7) is 16.2. The highest BCUT2D eigenvalue weighted by molar-refractivity contribution is 5.68. The number of halogens is 3. The zero-order valence-corrected chi connectivity index (χ0v) is 20.7. The molecule has 1 nitrogen and oxygen atoms in total. The van der Waals surface area contributed by atoms with Crippen molar-refractivity contribution >= 4 is 0 Å². The zero-order chi connectivity index (χ0) is 25.0. The molecule has 2 aromatic carbocycles. The number of ether oxygens (including phenoxy) is 1. The molecule has 2 aromatic rings. The first kappa shape index (κ1) is 25.9. The second-order valence-corrected chi connectivity index (χ2v) is 9.53. The molecule has 2 atom stereocenters. The van der Waals surface area contributed by atoms with Gasteiger partial charge in [-0.05, 0) is 53.0 Å². The van der Waals surface area contributed by atoms with E-state index in [2.05, 4.69) is 33.9 Å².